The molecule has 0 nitrogen and oxygen atoms in total. The minimum Gasteiger partial charge on any atom is -0.0623 e. The van der Waals surface area contributed by atoms with Crippen molar-refractivity contribution in [3.8, 4) is 11.1 Å². The summed E-state index contributed by atoms with van der Waals surface area (Å²) in [7, 11) is 0. The molecule has 0 saturated heterocycles. The largest absolute Gasteiger partial charge is 0.0623 e. The van der Waals surface area contributed by atoms with Crippen LogP contribution in [0.15, 0.2) is 297 Å². The van der Waals surface area contributed by atoms with Crippen molar-refractivity contribution >= 4 is 53.9 Å². The predicted molar refractivity (Wildman–Crippen MR) is 276 cm³/mol. The summed E-state index contributed by atoms with van der Waals surface area (Å²) in [6.45, 7) is 2.08. The lowest BCUT2D eigenvalue weighted by Gasteiger charge is -2.02. The van der Waals surface area contributed by atoms with Crippen LogP contribution in [0.5, 0.6) is 0 Å². The number of hydrogen-bond donors (Lipinski definition) is 0. The van der Waals surface area contributed by atoms with Crippen molar-refractivity contribution in [2.24, 2.45) is 0 Å². The Labute approximate surface area is 373 Å². The zero-order valence-corrected chi connectivity index (χ0v) is 35.8. The summed E-state index contributed by atoms with van der Waals surface area (Å²) in [5.41, 5.74) is 3.87. The Kier molecular flexibility index (Phi) is 16.2. The van der Waals surface area contributed by atoms with Crippen LogP contribution in [0.4, 0.5) is 0 Å². The van der Waals surface area contributed by atoms with Crippen LogP contribution in [0.2, 0.25) is 0 Å². The van der Waals surface area contributed by atoms with E-state index in [1.807, 2.05) is 66.7 Å². The van der Waals surface area contributed by atoms with Gasteiger partial charge in [-0.3, -0.25) is 0 Å². The maximum atomic E-state index is 2.24. The molecule has 12 rings (SSSR count). The molecule has 0 aromatic heterocycles. The molecule has 0 radical (unpaired) electrons. The van der Waals surface area contributed by atoms with Crippen LogP contribution >= 0.6 is 0 Å². The molecule has 0 heteroatoms. The SMILES string of the molecule is Cc1ccccc1.c1ccc(-c2ccccc2)cc1.c1ccc2c(c1)ccc1ccccc12.c1ccc2cc3ccccc3cc2c1.c1ccc2ccccc2c1.c1ccccc1. The van der Waals surface area contributed by atoms with Gasteiger partial charge in [-0.15, -0.1) is 0 Å². The second-order valence-electron chi connectivity index (χ2n) is 14.9. The van der Waals surface area contributed by atoms with Crippen molar-refractivity contribution in [1.82, 2.24) is 0 Å². The van der Waals surface area contributed by atoms with Crippen molar-refractivity contribution in [3.63, 3.8) is 0 Å². The zero-order valence-electron chi connectivity index (χ0n) is 35.8. The Morgan fingerprint density at radius 3 is 0.683 bits per heavy atom. The number of benzene rings is 12. The highest BCUT2D eigenvalue weighted by Crippen LogP contribution is 2.25. The van der Waals surface area contributed by atoms with E-state index in [0.29, 0.717) is 0 Å². The highest BCUT2D eigenvalue weighted by atomic mass is 14.0. The standard InChI is InChI=1S/2C14H10.C12H10.C10H8.C7H8.C6H6/c1-3-7-13-11(5-1)9-10-12-6-2-4-8-14(12)13;1-2-6-12-10-14-8-4-3-7-13(14)9-11(12)5-1;1-3-7-11(8-4-1)12-9-5-2-6-10-12;1-2-6-10-8-4-3-7-9(10)5-1;1-7-5-3-2-4-6-7;1-2-4-6-5-3-1/h2*1-10H;1-10H;1-8H;2-6H,1H3;1-6H. The fraction of sp³-hybridized carbons (Fsp3) is 0.0159. The molecule has 0 aliphatic rings. The first kappa shape index (κ1) is 43.0. The van der Waals surface area contributed by atoms with Gasteiger partial charge in [-0.2, -0.15) is 0 Å². The van der Waals surface area contributed by atoms with Gasteiger partial charge in [0.25, 0.3) is 0 Å². The molecule has 0 spiro atoms. The van der Waals surface area contributed by atoms with Crippen molar-refractivity contribution in [1.29, 1.82) is 0 Å². The van der Waals surface area contributed by atoms with Gasteiger partial charge in [0.15, 0.2) is 0 Å². The van der Waals surface area contributed by atoms with Gasteiger partial charge in [0, 0.05) is 0 Å². The predicted octanol–water partition coefficient (Wildman–Crippen LogP) is 17.9. The molecule has 63 heavy (non-hydrogen) atoms. The quantitative estimate of drug-likeness (QED) is 0.114. The van der Waals surface area contributed by atoms with Gasteiger partial charge in [0.05, 0.1) is 0 Å². The van der Waals surface area contributed by atoms with Gasteiger partial charge < -0.3 is 0 Å². The van der Waals surface area contributed by atoms with Gasteiger partial charge in [-0.25, -0.2) is 0 Å². The summed E-state index contributed by atoms with van der Waals surface area (Å²) >= 11 is 0. The number of fused-ring (bicyclic) bond motifs is 6. The molecule has 0 N–H and O–H groups in total. The Hall–Kier alpha value is -8.06. The van der Waals surface area contributed by atoms with E-state index in [-0.39, 0.29) is 0 Å². The minimum atomic E-state index is 1.28. The molecule has 12 aromatic carbocycles. The first-order chi connectivity index (χ1) is 31.2. The Morgan fingerprint density at radius 2 is 0.397 bits per heavy atom. The van der Waals surface area contributed by atoms with Crippen LogP contribution in [0, 0.1) is 6.92 Å². The summed E-state index contributed by atoms with van der Waals surface area (Å²) in [5, 5.41) is 13.2. The van der Waals surface area contributed by atoms with Gasteiger partial charge >= 0.3 is 0 Å². The lowest BCUT2D eigenvalue weighted by molar-refractivity contribution is 1.48. The van der Waals surface area contributed by atoms with Gasteiger partial charge in [0.1, 0.15) is 0 Å². The fourth-order valence-electron chi connectivity index (χ4n) is 7.15. The number of rotatable bonds is 1. The molecule has 0 heterocycles. The minimum absolute atomic E-state index is 1.28. The smallest absolute Gasteiger partial charge is 0.0105 e. The average Bonchev–Trinajstić information content (AvgIpc) is 3.38. The molecule has 0 fully saturated rings. The van der Waals surface area contributed by atoms with Gasteiger partial charge in [-0.1, -0.05) is 291 Å². The van der Waals surface area contributed by atoms with Crippen LogP contribution in [-0.2, 0) is 0 Å². The van der Waals surface area contributed by atoms with E-state index in [9.17, 15) is 0 Å². The van der Waals surface area contributed by atoms with Crippen LogP contribution in [-0.4, -0.2) is 0 Å². The van der Waals surface area contributed by atoms with Gasteiger partial charge in [0.2, 0.25) is 0 Å². The molecule has 0 bridgehead atoms. The first-order valence-corrected chi connectivity index (χ1v) is 21.5. The van der Waals surface area contributed by atoms with Crippen molar-refractivity contribution in [2.45, 2.75) is 6.92 Å². The summed E-state index contributed by atoms with van der Waals surface area (Å²) in [5.74, 6) is 0. The topological polar surface area (TPSA) is 0 Å². The zero-order chi connectivity index (χ0) is 43.2. The molecule has 0 aliphatic heterocycles. The Morgan fingerprint density at radius 1 is 0.175 bits per heavy atom. The van der Waals surface area contributed by atoms with Gasteiger partial charge in [-0.05, 0) is 84.0 Å². The van der Waals surface area contributed by atoms with Crippen LogP contribution in [0.1, 0.15) is 5.56 Å². The number of aryl methyl sites for hydroxylation is 1. The van der Waals surface area contributed by atoms with Crippen LogP contribution in [0.25, 0.3) is 65.0 Å². The third-order valence-electron chi connectivity index (χ3n) is 10.4. The maximum absolute atomic E-state index is 2.24. The summed E-state index contributed by atoms with van der Waals surface area (Å²) in [6.07, 6.45) is 0. The first-order valence-electron chi connectivity index (χ1n) is 21.5. The van der Waals surface area contributed by atoms with E-state index in [1.54, 1.807) is 0 Å². The average molecular weight is 809 g/mol. The molecule has 0 amide bonds. The monoisotopic (exact) mass is 808 g/mol. The second-order valence-corrected chi connectivity index (χ2v) is 14.9. The normalized spacial score (nSPS) is 9.98. The summed E-state index contributed by atoms with van der Waals surface area (Å²) in [6, 6.07) is 103. The van der Waals surface area contributed by atoms with Crippen molar-refractivity contribution < 1.29 is 0 Å². The molecular weight excluding hydrogens is 757 g/mol. The number of hydrogen-bond acceptors (Lipinski definition) is 0. The van der Waals surface area contributed by atoms with Crippen LogP contribution < -0.4 is 0 Å². The molecule has 304 valence electrons. The second kappa shape index (κ2) is 23.7. The molecule has 0 atom stereocenters. The molecule has 0 unspecified atom stereocenters. The molecule has 0 saturated carbocycles. The third kappa shape index (κ3) is 13.2. The molecular formula is C63H52. The van der Waals surface area contributed by atoms with E-state index in [4.69, 9.17) is 0 Å². The Bertz CT molecular complexity index is 2850. The lowest BCUT2D eigenvalue weighted by atomic mass is 10.0. The van der Waals surface area contributed by atoms with E-state index < -0.39 is 0 Å². The van der Waals surface area contributed by atoms with Crippen LogP contribution in [0.3, 0.4) is 0 Å². The molecule has 0 aliphatic carbocycles. The van der Waals surface area contributed by atoms with Crippen molar-refractivity contribution in [2.75, 3.05) is 0 Å². The highest BCUT2D eigenvalue weighted by molar-refractivity contribution is 6.07. The van der Waals surface area contributed by atoms with E-state index in [1.165, 1.54) is 70.6 Å². The fourth-order valence-corrected chi connectivity index (χ4v) is 7.15. The van der Waals surface area contributed by atoms with E-state index in [2.05, 4.69) is 237 Å². The van der Waals surface area contributed by atoms with E-state index in [0.717, 1.165) is 0 Å². The summed E-state index contributed by atoms with van der Waals surface area (Å²) < 4.78 is 0. The Balaban J connectivity index is 0.000000116. The third-order valence-corrected chi connectivity index (χ3v) is 10.4. The summed E-state index contributed by atoms with van der Waals surface area (Å²) in [4.78, 5) is 0. The van der Waals surface area contributed by atoms with Crippen molar-refractivity contribution in [3.05, 3.63) is 303 Å². The highest BCUT2D eigenvalue weighted by Gasteiger charge is 1.98. The maximum Gasteiger partial charge on any atom is -0.0105 e. The molecule has 12 aromatic rings. The van der Waals surface area contributed by atoms with E-state index >= 15 is 0 Å². The lowest BCUT2D eigenvalue weighted by Crippen LogP contribution is -1.75.